The molecule has 9 nitrogen and oxygen atoms in total. The molecule has 126 valence electrons. The maximum absolute atomic E-state index is 11.8. The van der Waals surface area contributed by atoms with Gasteiger partial charge in [-0.05, 0) is 35.9 Å². The molecule has 2 aromatic rings. The van der Waals surface area contributed by atoms with Gasteiger partial charge in [-0.3, -0.25) is 25.0 Å². The van der Waals surface area contributed by atoms with Crippen molar-refractivity contribution in [2.75, 3.05) is 0 Å². The molecule has 2 rings (SSSR count). The van der Waals surface area contributed by atoms with Crippen LogP contribution >= 0.6 is 0 Å². The smallest absolute Gasteiger partial charge is 0.328 e. The molecule has 0 radical (unpaired) electrons. The molecule has 25 heavy (non-hydrogen) atoms. The van der Waals surface area contributed by atoms with E-state index in [1.54, 1.807) is 0 Å². The first kappa shape index (κ1) is 17.5. The van der Waals surface area contributed by atoms with Gasteiger partial charge < -0.3 is 5.11 Å². The van der Waals surface area contributed by atoms with E-state index < -0.39 is 21.6 Å². The quantitative estimate of drug-likeness (QED) is 0.368. The summed E-state index contributed by atoms with van der Waals surface area (Å²) in [4.78, 5) is 42.9. The number of allylic oxidation sites excluding steroid dienone is 1. The number of rotatable bonds is 6. The Bertz CT molecular complexity index is 901. The van der Waals surface area contributed by atoms with Crippen LogP contribution in [0.25, 0.3) is 11.1 Å². The van der Waals surface area contributed by atoms with Crippen molar-refractivity contribution in [3.05, 3.63) is 80.4 Å². The van der Waals surface area contributed by atoms with Crippen molar-refractivity contribution in [1.82, 2.24) is 0 Å². The molecule has 0 aromatic heterocycles. The first-order chi connectivity index (χ1) is 11.8. The summed E-state index contributed by atoms with van der Waals surface area (Å²) in [7, 11) is 0. The second-order valence-electron chi connectivity index (χ2n) is 4.83. The van der Waals surface area contributed by atoms with Crippen molar-refractivity contribution < 1.29 is 24.5 Å². The first-order valence-corrected chi connectivity index (χ1v) is 6.78. The van der Waals surface area contributed by atoms with Crippen LogP contribution in [0.1, 0.15) is 10.4 Å². The van der Waals surface area contributed by atoms with Crippen LogP contribution in [-0.2, 0) is 4.79 Å². The van der Waals surface area contributed by atoms with Gasteiger partial charge in [0.2, 0.25) is 0 Å². The number of carbonyl (C=O) groups is 2. The van der Waals surface area contributed by atoms with Gasteiger partial charge in [0.15, 0.2) is 5.78 Å². The topological polar surface area (TPSA) is 141 Å². The van der Waals surface area contributed by atoms with Crippen LogP contribution in [-0.4, -0.2) is 26.7 Å². The molecule has 2 aromatic carbocycles. The summed E-state index contributed by atoms with van der Waals surface area (Å²) in [6.07, 6.45) is 1.44. The van der Waals surface area contributed by atoms with Gasteiger partial charge in [-0.15, -0.1) is 0 Å². The van der Waals surface area contributed by atoms with Crippen molar-refractivity contribution in [2.24, 2.45) is 0 Å². The van der Waals surface area contributed by atoms with Crippen molar-refractivity contribution in [3.63, 3.8) is 0 Å². The van der Waals surface area contributed by atoms with Crippen LogP contribution in [0.3, 0.4) is 0 Å². The number of carboxylic acids is 1. The van der Waals surface area contributed by atoms with Gasteiger partial charge in [-0.25, -0.2) is 4.79 Å². The van der Waals surface area contributed by atoms with E-state index in [1.165, 1.54) is 36.4 Å². The van der Waals surface area contributed by atoms with Gasteiger partial charge in [0, 0.05) is 29.8 Å². The predicted octanol–water partition coefficient (Wildman–Crippen LogP) is 2.99. The summed E-state index contributed by atoms with van der Waals surface area (Å²) < 4.78 is 0. The molecule has 0 unspecified atom stereocenters. The number of nitro groups is 2. The summed E-state index contributed by atoms with van der Waals surface area (Å²) in [6.45, 7) is 0. The first-order valence-electron chi connectivity index (χ1n) is 6.78. The number of aliphatic carboxylic acids is 1. The van der Waals surface area contributed by atoms with Gasteiger partial charge in [0.05, 0.1) is 15.4 Å². The Labute approximate surface area is 140 Å². The van der Waals surface area contributed by atoms with Crippen LogP contribution in [0.2, 0.25) is 0 Å². The fourth-order valence-corrected chi connectivity index (χ4v) is 2.09. The number of carbonyl (C=O) groups excluding carboxylic acids is 1. The average Bonchev–Trinajstić information content (AvgIpc) is 2.59. The molecule has 0 fully saturated rings. The van der Waals surface area contributed by atoms with Gasteiger partial charge in [-0.2, -0.15) is 0 Å². The Morgan fingerprint density at radius 2 is 1.56 bits per heavy atom. The molecule has 0 spiro atoms. The maximum Gasteiger partial charge on any atom is 0.328 e. The van der Waals surface area contributed by atoms with Crippen molar-refractivity contribution in [3.8, 4) is 11.1 Å². The monoisotopic (exact) mass is 342 g/mol. The molecule has 0 aliphatic carbocycles. The molecule has 9 heteroatoms. The number of nitro benzene ring substituents is 2. The molecule has 0 aliphatic heterocycles. The SMILES string of the molecule is O=C(O)C=CC(=O)c1ccc(-c2ccc([N+](=O)[O-])cc2)c([N+](=O)[O-])c1. The highest BCUT2D eigenvalue weighted by Crippen LogP contribution is 2.32. The standard InChI is InChI=1S/C16H10N2O7/c19-15(7-8-16(20)21)11-3-6-13(14(9-11)18(24)25)10-1-4-12(5-2-10)17(22)23/h1-9H,(H,20,21). The van der Waals surface area contributed by atoms with E-state index in [0.717, 1.165) is 12.1 Å². The zero-order chi connectivity index (χ0) is 18.6. The van der Waals surface area contributed by atoms with Crippen molar-refractivity contribution >= 4 is 23.1 Å². The predicted molar refractivity (Wildman–Crippen MR) is 86.3 cm³/mol. The zero-order valence-corrected chi connectivity index (χ0v) is 12.5. The number of nitrogens with zero attached hydrogens (tertiary/aromatic N) is 2. The molecule has 0 bridgehead atoms. The van der Waals surface area contributed by atoms with Crippen molar-refractivity contribution in [1.29, 1.82) is 0 Å². The number of ketones is 1. The number of hydrogen-bond donors (Lipinski definition) is 1. The van der Waals surface area contributed by atoms with E-state index >= 15 is 0 Å². The summed E-state index contributed by atoms with van der Waals surface area (Å²) in [5.74, 6) is -2.01. The Kier molecular flexibility index (Phi) is 4.98. The molecule has 0 amide bonds. The highest BCUT2D eigenvalue weighted by Gasteiger charge is 2.18. The highest BCUT2D eigenvalue weighted by molar-refractivity contribution is 6.07. The molecule has 0 atom stereocenters. The molecular formula is C16H10N2O7. The fraction of sp³-hybridized carbons (Fsp3) is 0. The van der Waals surface area contributed by atoms with Gasteiger partial charge >= 0.3 is 5.97 Å². The van der Waals surface area contributed by atoms with Crippen LogP contribution in [0.4, 0.5) is 11.4 Å². The summed E-state index contributed by atoms with van der Waals surface area (Å²) in [5.41, 5.74) is -0.0219. The van der Waals surface area contributed by atoms with Gasteiger partial charge in [0.1, 0.15) is 0 Å². The van der Waals surface area contributed by atoms with E-state index in [0.29, 0.717) is 11.6 Å². The third-order valence-electron chi connectivity index (χ3n) is 3.25. The van der Waals surface area contributed by atoms with Gasteiger partial charge in [-0.1, -0.05) is 0 Å². The van der Waals surface area contributed by atoms with Crippen LogP contribution in [0.15, 0.2) is 54.6 Å². The molecule has 1 N–H and O–H groups in total. The lowest BCUT2D eigenvalue weighted by Gasteiger charge is -2.05. The van der Waals surface area contributed by atoms with E-state index in [2.05, 4.69) is 0 Å². The Hall–Kier alpha value is -3.88. The zero-order valence-electron chi connectivity index (χ0n) is 12.5. The molecular weight excluding hydrogens is 332 g/mol. The third kappa shape index (κ3) is 4.10. The Morgan fingerprint density at radius 1 is 0.920 bits per heavy atom. The average molecular weight is 342 g/mol. The minimum absolute atomic E-state index is 0.0464. The Balaban J connectivity index is 2.46. The molecule has 0 saturated carbocycles. The van der Waals surface area contributed by atoms with E-state index in [4.69, 9.17) is 5.11 Å². The number of hydrogen-bond acceptors (Lipinski definition) is 6. The van der Waals surface area contributed by atoms with Crippen molar-refractivity contribution in [2.45, 2.75) is 0 Å². The highest BCUT2D eigenvalue weighted by atomic mass is 16.6. The number of carboxylic acid groups (broad SMARTS) is 1. The number of non-ortho nitro benzene ring substituents is 1. The molecule has 0 saturated heterocycles. The largest absolute Gasteiger partial charge is 0.478 e. The summed E-state index contributed by atoms with van der Waals surface area (Å²) in [5, 5.41) is 30.5. The van der Waals surface area contributed by atoms with E-state index in [1.807, 2.05) is 0 Å². The minimum Gasteiger partial charge on any atom is -0.478 e. The molecule has 0 heterocycles. The van der Waals surface area contributed by atoms with Crippen LogP contribution < -0.4 is 0 Å². The second kappa shape index (κ2) is 7.13. The molecule has 0 aliphatic rings. The minimum atomic E-state index is -1.31. The summed E-state index contributed by atoms with van der Waals surface area (Å²) in [6, 6.07) is 8.85. The van der Waals surface area contributed by atoms with Crippen LogP contribution in [0.5, 0.6) is 0 Å². The van der Waals surface area contributed by atoms with E-state index in [9.17, 15) is 29.8 Å². The normalized spacial score (nSPS) is 10.6. The maximum atomic E-state index is 11.8. The lowest BCUT2D eigenvalue weighted by molar-refractivity contribution is -0.385. The lowest BCUT2D eigenvalue weighted by atomic mass is 9.99. The van der Waals surface area contributed by atoms with Gasteiger partial charge in [0.25, 0.3) is 11.4 Å². The summed E-state index contributed by atoms with van der Waals surface area (Å²) >= 11 is 0. The lowest BCUT2D eigenvalue weighted by Crippen LogP contribution is -2.00. The second-order valence-corrected chi connectivity index (χ2v) is 4.83. The van der Waals surface area contributed by atoms with E-state index in [-0.39, 0.29) is 22.5 Å². The third-order valence-corrected chi connectivity index (χ3v) is 3.25. The Morgan fingerprint density at radius 3 is 2.08 bits per heavy atom. The fourth-order valence-electron chi connectivity index (χ4n) is 2.09. The number of benzene rings is 2. The van der Waals surface area contributed by atoms with Crippen LogP contribution in [0, 0.1) is 20.2 Å².